The van der Waals surface area contributed by atoms with Crippen molar-refractivity contribution in [3.63, 3.8) is 0 Å². The molecule has 2 rings (SSSR count). The van der Waals surface area contributed by atoms with Crippen LogP contribution >= 0.6 is 15.9 Å². The van der Waals surface area contributed by atoms with Crippen molar-refractivity contribution < 1.29 is 23.2 Å². The van der Waals surface area contributed by atoms with Crippen molar-refractivity contribution in [2.75, 3.05) is 19.8 Å². The quantitative estimate of drug-likeness (QED) is 0.540. The van der Waals surface area contributed by atoms with E-state index in [1.54, 1.807) is 0 Å². The van der Waals surface area contributed by atoms with Gasteiger partial charge >= 0.3 is 0 Å². The number of halogens is 1. The SMILES string of the molecule is CC(C)(O)CN(C1CCOCC1)S(=O)(=O)c1cc([N+](=O)[O-])ccc1Br. The maximum absolute atomic E-state index is 13.2. The summed E-state index contributed by atoms with van der Waals surface area (Å²) in [6.45, 7) is 3.79. The first-order chi connectivity index (χ1) is 11.5. The van der Waals surface area contributed by atoms with Crippen LogP contribution in [0.25, 0.3) is 0 Å². The lowest BCUT2D eigenvalue weighted by atomic mass is 10.1. The van der Waals surface area contributed by atoms with Gasteiger partial charge in [-0.1, -0.05) is 0 Å². The summed E-state index contributed by atoms with van der Waals surface area (Å²) in [6.07, 6.45) is 1.00. The van der Waals surface area contributed by atoms with Crippen LogP contribution in [0.15, 0.2) is 27.6 Å². The van der Waals surface area contributed by atoms with Gasteiger partial charge in [0.25, 0.3) is 5.69 Å². The zero-order valence-corrected chi connectivity index (χ0v) is 16.4. The lowest BCUT2D eigenvalue weighted by Gasteiger charge is -2.36. The number of hydrogen-bond acceptors (Lipinski definition) is 6. The first kappa shape index (κ1) is 20.2. The van der Waals surface area contributed by atoms with Crippen LogP contribution in [-0.4, -0.2) is 54.2 Å². The molecule has 1 aliphatic rings. The molecule has 1 aromatic carbocycles. The molecule has 140 valence electrons. The first-order valence-corrected chi connectivity index (χ1v) is 10.0. The highest BCUT2D eigenvalue weighted by Gasteiger charge is 2.37. The van der Waals surface area contributed by atoms with E-state index in [2.05, 4.69) is 15.9 Å². The van der Waals surface area contributed by atoms with E-state index < -0.39 is 20.5 Å². The van der Waals surface area contributed by atoms with Crippen molar-refractivity contribution in [2.24, 2.45) is 0 Å². The molecule has 25 heavy (non-hydrogen) atoms. The van der Waals surface area contributed by atoms with Crippen LogP contribution < -0.4 is 0 Å². The number of sulfonamides is 1. The molecule has 8 nitrogen and oxygen atoms in total. The van der Waals surface area contributed by atoms with Crippen molar-refractivity contribution in [3.05, 3.63) is 32.8 Å². The molecule has 0 bridgehead atoms. The third-order valence-electron chi connectivity index (χ3n) is 3.85. The first-order valence-electron chi connectivity index (χ1n) is 7.78. The molecular formula is C15H21BrN2O6S. The highest BCUT2D eigenvalue weighted by molar-refractivity contribution is 9.10. The number of benzene rings is 1. The predicted molar refractivity (Wildman–Crippen MR) is 94.8 cm³/mol. The minimum Gasteiger partial charge on any atom is -0.389 e. The van der Waals surface area contributed by atoms with Gasteiger partial charge in [0.15, 0.2) is 0 Å². The number of hydrogen-bond donors (Lipinski definition) is 1. The normalized spacial score (nSPS) is 17.0. The monoisotopic (exact) mass is 436 g/mol. The van der Waals surface area contributed by atoms with Crippen LogP contribution in [0.2, 0.25) is 0 Å². The van der Waals surface area contributed by atoms with Crippen LogP contribution in [0, 0.1) is 10.1 Å². The Kier molecular flexibility index (Phi) is 6.21. The summed E-state index contributed by atoms with van der Waals surface area (Å²) in [5.74, 6) is 0. The van der Waals surface area contributed by atoms with Crippen LogP contribution in [0.5, 0.6) is 0 Å². The van der Waals surface area contributed by atoms with E-state index in [1.807, 2.05) is 0 Å². The predicted octanol–water partition coefficient (Wildman–Crippen LogP) is 2.30. The Morgan fingerprint density at radius 1 is 1.40 bits per heavy atom. The zero-order chi connectivity index (χ0) is 18.8. The fraction of sp³-hybridized carbons (Fsp3) is 0.600. The second kappa shape index (κ2) is 7.67. The topological polar surface area (TPSA) is 110 Å². The van der Waals surface area contributed by atoms with Gasteiger partial charge in [0.1, 0.15) is 4.90 Å². The lowest BCUT2D eigenvalue weighted by molar-refractivity contribution is -0.385. The van der Waals surface area contributed by atoms with Crippen LogP contribution in [0.4, 0.5) is 5.69 Å². The molecule has 0 spiro atoms. The number of ether oxygens (including phenoxy) is 1. The van der Waals surface area contributed by atoms with E-state index in [9.17, 15) is 23.6 Å². The number of nitro benzene ring substituents is 1. The smallest absolute Gasteiger partial charge is 0.270 e. The fourth-order valence-electron chi connectivity index (χ4n) is 2.69. The fourth-order valence-corrected chi connectivity index (χ4v) is 5.48. The van der Waals surface area contributed by atoms with E-state index in [4.69, 9.17) is 4.74 Å². The molecular weight excluding hydrogens is 416 g/mol. The Morgan fingerprint density at radius 3 is 2.52 bits per heavy atom. The van der Waals surface area contributed by atoms with Crippen molar-refractivity contribution in [1.29, 1.82) is 0 Å². The van der Waals surface area contributed by atoms with Crippen molar-refractivity contribution in [3.8, 4) is 0 Å². The van der Waals surface area contributed by atoms with Gasteiger partial charge in [-0.15, -0.1) is 0 Å². The van der Waals surface area contributed by atoms with E-state index >= 15 is 0 Å². The largest absolute Gasteiger partial charge is 0.389 e. The summed E-state index contributed by atoms with van der Waals surface area (Å²) in [5, 5.41) is 21.2. The van der Waals surface area contributed by atoms with E-state index in [0.29, 0.717) is 26.1 Å². The molecule has 10 heteroatoms. The molecule has 1 heterocycles. The average molecular weight is 437 g/mol. The lowest BCUT2D eigenvalue weighted by Crippen LogP contribution is -2.49. The average Bonchev–Trinajstić information content (AvgIpc) is 2.52. The highest BCUT2D eigenvalue weighted by atomic mass is 79.9. The number of rotatable bonds is 6. The Bertz CT molecular complexity index is 741. The van der Waals surface area contributed by atoms with Gasteiger partial charge in [0.2, 0.25) is 10.0 Å². The third-order valence-corrected chi connectivity index (χ3v) is 6.75. The molecule has 0 radical (unpaired) electrons. The minimum absolute atomic E-state index is 0.116. The third kappa shape index (κ3) is 4.98. The second-order valence-electron chi connectivity index (χ2n) is 6.58. The van der Waals surface area contributed by atoms with Crippen molar-refractivity contribution in [1.82, 2.24) is 4.31 Å². The number of non-ortho nitro benzene ring substituents is 1. The molecule has 1 N–H and O–H groups in total. The van der Waals surface area contributed by atoms with Gasteiger partial charge in [-0.3, -0.25) is 10.1 Å². The molecule has 1 saturated heterocycles. The van der Waals surface area contributed by atoms with Gasteiger partial charge < -0.3 is 9.84 Å². The summed E-state index contributed by atoms with van der Waals surface area (Å²) in [4.78, 5) is 10.2. The zero-order valence-electron chi connectivity index (χ0n) is 14.0. The van der Waals surface area contributed by atoms with Crippen LogP contribution in [0.1, 0.15) is 26.7 Å². The Morgan fingerprint density at radius 2 is 2.00 bits per heavy atom. The van der Waals surface area contributed by atoms with Crippen LogP contribution in [0.3, 0.4) is 0 Å². The summed E-state index contributed by atoms with van der Waals surface area (Å²) in [5.41, 5.74) is -1.56. The van der Waals surface area contributed by atoms with Crippen molar-refractivity contribution >= 4 is 31.6 Å². The van der Waals surface area contributed by atoms with Gasteiger partial charge in [-0.05, 0) is 48.7 Å². The molecule has 1 aromatic rings. The summed E-state index contributed by atoms with van der Waals surface area (Å²) < 4.78 is 33.2. The molecule has 0 aliphatic carbocycles. The van der Waals surface area contributed by atoms with Gasteiger partial charge in [-0.25, -0.2) is 8.42 Å². The second-order valence-corrected chi connectivity index (χ2v) is 9.29. The Hall–Kier alpha value is -1.07. The number of nitrogens with zero attached hydrogens (tertiary/aromatic N) is 2. The van der Waals surface area contributed by atoms with E-state index in [0.717, 1.165) is 6.07 Å². The highest BCUT2D eigenvalue weighted by Crippen LogP contribution is 2.32. The summed E-state index contributed by atoms with van der Waals surface area (Å²) >= 11 is 3.17. The van der Waals surface area contributed by atoms with E-state index in [-0.39, 0.29) is 27.6 Å². The van der Waals surface area contributed by atoms with Crippen LogP contribution in [-0.2, 0) is 14.8 Å². The standard InChI is InChI=1S/C15H21BrN2O6S/c1-15(2,19)10-17(11-5-7-24-8-6-11)25(22,23)14-9-12(18(20)21)3-4-13(14)16/h3-4,9,11,19H,5-8,10H2,1-2H3. The molecule has 0 atom stereocenters. The van der Waals surface area contributed by atoms with Crippen molar-refractivity contribution in [2.45, 2.75) is 43.2 Å². The van der Waals surface area contributed by atoms with Gasteiger partial charge in [0.05, 0.1) is 10.5 Å². The molecule has 0 saturated carbocycles. The Balaban J connectivity index is 2.50. The summed E-state index contributed by atoms with van der Waals surface area (Å²) in [6, 6.07) is 3.28. The van der Waals surface area contributed by atoms with E-state index in [1.165, 1.54) is 30.3 Å². The Labute approximate surface area is 155 Å². The maximum atomic E-state index is 13.2. The minimum atomic E-state index is -4.05. The molecule has 0 amide bonds. The van der Waals surface area contributed by atoms with Gasteiger partial charge in [-0.2, -0.15) is 4.31 Å². The summed E-state index contributed by atoms with van der Waals surface area (Å²) in [7, 11) is -4.05. The molecule has 1 aliphatic heterocycles. The number of nitro groups is 1. The van der Waals surface area contributed by atoms with Gasteiger partial charge in [0, 0.05) is 42.4 Å². The molecule has 0 aromatic heterocycles. The molecule has 0 unspecified atom stereocenters. The maximum Gasteiger partial charge on any atom is 0.270 e. The number of aliphatic hydroxyl groups is 1. The molecule has 1 fully saturated rings.